The summed E-state index contributed by atoms with van der Waals surface area (Å²) in [6.45, 7) is 1.34. The average molecular weight is 295 g/mol. The molecule has 1 unspecified atom stereocenters. The number of carbonyl (C=O) groups is 1. The van der Waals surface area contributed by atoms with Gasteiger partial charge in [0.25, 0.3) is 6.43 Å². The number of rotatable bonds is 6. The standard InChI is InChI=1S/C12H16F2N2O2.ClH/c1-8(6-15)12(17)16-9-2-4-10(5-3-9)18-7-11(13)14;/h2-5,8,11H,6-7,15H2,1H3,(H,16,17);1H. The highest BCUT2D eigenvalue weighted by Gasteiger charge is 2.10. The zero-order valence-electron chi connectivity index (χ0n) is 10.4. The average Bonchev–Trinajstić information content (AvgIpc) is 2.36. The molecule has 1 rings (SSSR count). The summed E-state index contributed by atoms with van der Waals surface area (Å²) in [4.78, 5) is 11.5. The normalized spacial score (nSPS) is 11.6. The Labute approximate surface area is 116 Å². The van der Waals surface area contributed by atoms with E-state index in [1.165, 1.54) is 12.1 Å². The molecule has 0 spiro atoms. The van der Waals surface area contributed by atoms with E-state index in [0.29, 0.717) is 11.4 Å². The number of ether oxygens (including phenoxy) is 1. The molecule has 0 aromatic heterocycles. The molecule has 1 amide bonds. The number of hydrogen-bond donors (Lipinski definition) is 2. The first-order valence-corrected chi connectivity index (χ1v) is 5.55. The van der Waals surface area contributed by atoms with Gasteiger partial charge in [-0.1, -0.05) is 6.92 Å². The van der Waals surface area contributed by atoms with Crippen molar-refractivity contribution < 1.29 is 18.3 Å². The number of carbonyl (C=O) groups excluding carboxylic acids is 1. The highest BCUT2D eigenvalue weighted by molar-refractivity contribution is 5.92. The fourth-order valence-electron chi connectivity index (χ4n) is 1.17. The lowest BCUT2D eigenvalue weighted by Gasteiger charge is -2.10. The van der Waals surface area contributed by atoms with E-state index in [2.05, 4.69) is 5.32 Å². The van der Waals surface area contributed by atoms with Gasteiger partial charge in [-0.05, 0) is 24.3 Å². The summed E-state index contributed by atoms with van der Waals surface area (Å²) < 4.78 is 28.6. The van der Waals surface area contributed by atoms with E-state index >= 15 is 0 Å². The number of amides is 1. The van der Waals surface area contributed by atoms with Crippen molar-refractivity contribution in [2.45, 2.75) is 13.3 Å². The molecule has 0 saturated carbocycles. The summed E-state index contributed by atoms with van der Waals surface area (Å²) in [5.74, 6) is -0.126. The number of halogens is 3. The maximum Gasteiger partial charge on any atom is 0.272 e. The van der Waals surface area contributed by atoms with E-state index in [1.54, 1.807) is 19.1 Å². The van der Waals surface area contributed by atoms with Crippen molar-refractivity contribution in [2.75, 3.05) is 18.5 Å². The molecule has 0 aliphatic rings. The summed E-state index contributed by atoms with van der Waals surface area (Å²) in [7, 11) is 0. The Morgan fingerprint density at radius 3 is 2.42 bits per heavy atom. The largest absolute Gasteiger partial charge is 0.488 e. The Kier molecular flexibility index (Phi) is 8.02. The second-order valence-corrected chi connectivity index (χ2v) is 3.85. The van der Waals surface area contributed by atoms with E-state index in [1.807, 2.05) is 0 Å². The molecule has 0 bridgehead atoms. The van der Waals surface area contributed by atoms with Crippen LogP contribution in [0.3, 0.4) is 0 Å². The van der Waals surface area contributed by atoms with Gasteiger partial charge in [-0.3, -0.25) is 4.79 Å². The van der Waals surface area contributed by atoms with Crippen molar-refractivity contribution in [1.29, 1.82) is 0 Å². The van der Waals surface area contributed by atoms with Crippen LogP contribution in [0, 0.1) is 5.92 Å². The van der Waals surface area contributed by atoms with Gasteiger partial charge in [0, 0.05) is 18.2 Å². The van der Waals surface area contributed by atoms with Gasteiger partial charge in [-0.2, -0.15) is 0 Å². The SMILES string of the molecule is CC(CN)C(=O)Nc1ccc(OCC(F)F)cc1.Cl. The molecule has 108 valence electrons. The van der Waals surface area contributed by atoms with Crippen molar-refractivity contribution in [3.05, 3.63) is 24.3 Å². The third-order valence-electron chi connectivity index (χ3n) is 2.30. The Balaban J connectivity index is 0.00000324. The van der Waals surface area contributed by atoms with Crippen LogP contribution in [0.25, 0.3) is 0 Å². The van der Waals surface area contributed by atoms with Crippen molar-refractivity contribution in [3.63, 3.8) is 0 Å². The Morgan fingerprint density at radius 1 is 1.37 bits per heavy atom. The number of benzene rings is 1. The summed E-state index contributed by atoms with van der Waals surface area (Å²) >= 11 is 0. The zero-order valence-corrected chi connectivity index (χ0v) is 11.3. The number of hydrogen-bond acceptors (Lipinski definition) is 3. The monoisotopic (exact) mass is 294 g/mol. The molecular weight excluding hydrogens is 278 g/mol. The topological polar surface area (TPSA) is 64.4 Å². The number of alkyl halides is 2. The number of nitrogens with one attached hydrogen (secondary N) is 1. The van der Waals surface area contributed by atoms with E-state index < -0.39 is 13.0 Å². The molecule has 0 heterocycles. The highest BCUT2D eigenvalue weighted by atomic mass is 35.5. The molecule has 0 aliphatic heterocycles. The van der Waals surface area contributed by atoms with Gasteiger partial charge in [0.05, 0.1) is 0 Å². The van der Waals surface area contributed by atoms with Crippen LogP contribution in [-0.4, -0.2) is 25.5 Å². The van der Waals surface area contributed by atoms with Gasteiger partial charge in [-0.15, -0.1) is 12.4 Å². The van der Waals surface area contributed by atoms with Gasteiger partial charge in [0.1, 0.15) is 12.4 Å². The smallest absolute Gasteiger partial charge is 0.272 e. The van der Waals surface area contributed by atoms with Crippen molar-refractivity contribution in [1.82, 2.24) is 0 Å². The summed E-state index contributed by atoms with van der Waals surface area (Å²) in [5, 5.41) is 2.66. The van der Waals surface area contributed by atoms with E-state index in [4.69, 9.17) is 10.5 Å². The lowest BCUT2D eigenvalue weighted by Crippen LogP contribution is -2.26. The van der Waals surface area contributed by atoms with Crippen LogP contribution in [0.2, 0.25) is 0 Å². The lowest BCUT2D eigenvalue weighted by molar-refractivity contribution is -0.119. The molecule has 0 fully saturated rings. The summed E-state index contributed by atoms with van der Waals surface area (Å²) in [6.07, 6.45) is -2.50. The van der Waals surface area contributed by atoms with Crippen LogP contribution in [0.4, 0.5) is 14.5 Å². The molecule has 1 aromatic rings. The maximum atomic E-state index is 11.9. The van der Waals surface area contributed by atoms with Crippen LogP contribution >= 0.6 is 12.4 Å². The molecule has 3 N–H and O–H groups in total. The molecule has 0 saturated heterocycles. The molecule has 7 heteroatoms. The Hall–Kier alpha value is -1.40. The number of anilines is 1. The van der Waals surface area contributed by atoms with Crippen LogP contribution in [0.5, 0.6) is 5.75 Å². The first kappa shape index (κ1) is 17.6. The number of nitrogens with two attached hydrogens (primary N) is 1. The molecule has 4 nitrogen and oxygen atoms in total. The summed E-state index contributed by atoms with van der Waals surface area (Å²) in [5.41, 5.74) is 5.94. The second kappa shape index (κ2) is 8.66. The van der Waals surface area contributed by atoms with Gasteiger partial charge >= 0.3 is 0 Å². The molecule has 19 heavy (non-hydrogen) atoms. The molecule has 0 radical (unpaired) electrons. The second-order valence-electron chi connectivity index (χ2n) is 3.85. The van der Waals surface area contributed by atoms with E-state index in [0.717, 1.165) is 0 Å². The third-order valence-corrected chi connectivity index (χ3v) is 2.30. The minimum absolute atomic E-state index is 0. The fraction of sp³-hybridized carbons (Fsp3) is 0.417. The lowest BCUT2D eigenvalue weighted by atomic mass is 10.1. The molecule has 0 aliphatic carbocycles. The van der Waals surface area contributed by atoms with Crippen LogP contribution in [0.1, 0.15) is 6.92 Å². The Morgan fingerprint density at radius 2 is 1.95 bits per heavy atom. The highest BCUT2D eigenvalue weighted by Crippen LogP contribution is 2.16. The van der Waals surface area contributed by atoms with Crippen LogP contribution in [-0.2, 0) is 4.79 Å². The first-order valence-electron chi connectivity index (χ1n) is 5.55. The van der Waals surface area contributed by atoms with E-state index in [9.17, 15) is 13.6 Å². The predicted molar refractivity (Wildman–Crippen MR) is 72.0 cm³/mol. The zero-order chi connectivity index (χ0) is 13.5. The van der Waals surface area contributed by atoms with Gasteiger partial charge in [0.15, 0.2) is 0 Å². The van der Waals surface area contributed by atoms with Crippen LogP contribution in [0.15, 0.2) is 24.3 Å². The van der Waals surface area contributed by atoms with Gasteiger partial charge in [0.2, 0.25) is 5.91 Å². The summed E-state index contributed by atoms with van der Waals surface area (Å²) in [6, 6.07) is 6.21. The van der Waals surface area contributed by atoms with Gasteiger partial charge < -0.3 is 15.8 Å². The quantitative estimate of drug-likeness (QED) is 0.846. The molecule has 1 aromatic carbocycles. The molecular formula is C12H17ClF2N2O2. The van der Waals surface area contributed by atoms with Crippen LogP contribution < -0.4 is 15.8 Å². The fourth-order valence-corrected chi connectivity index (χ4v) is 1.17. The predicted octanol–water partition coefficient (Wildman–Crippen LogP) is 2.29. The third kappa shape index (κ3) is 6.35. The minimum atomic E-state index is -2.50. The molecule has 1 atom stereocenters. The van der Waals surface area contributed by atoms with Crippen molar-refractivity contribution in [3.8, 4) is 5.75 Å². The first-order chi connectivity index (χ1) is 8.52. The van der Waals surface area contributed by atoms with Gasteiger partial charge in [-0.25, -0.2) is 8.78 Å². The minimum Gasteiger partial charge on any atom is -0.488 e. The van der Waals surface area contributed by atoms with Crippen molar-refractivity contribution in [2.24, 2.45) is 11.7 Å². The Bertz CT molecular complexity index is 388. The van der Waals surface area contributed by atoms with E-state index in [-0.39, 0.29) is 30.8 Å². The maximum absolute atomic E-state index is 11.9. The van der Waals surface area contributed by atoms with Crippen molar-refractivity contribution >= 4 is 24.0 Å².